The molecule has 1 heterocycles. The zero-order chi connectivity index (χ0) is 14.9. The largest absolute Gasteiger partial charge is 0.350 e. The Morgan fingerprint density at radius 2 is 2.00 bits per heavy atom. The number of carbonyl (C=O) groups is 1. The molecule has 0 unspecified atom stereocenters. The number of benzene rings is 1. The van der Waals surface area contributed by atoms with E-state index in [1.807, 2.05) is 4.83 Å². The molecule has 2 aromatic rings. The molecule has 108 valence electrons. The summed E-state index contributed by atoms with van der Waals surface area (Å²) in [5.74, 6) is -0.568. The molecule has 0 radical (unpaired) electrons. The number of fused-ring (bicyclic) bond motifs is 1. The summed E-state index contributed by atoms with van der Waals surface area (Å²) in [5.41, 5.74) is 3.14. The highest BCUT2D eigenvalue weighted by Gasteiger charge is 2.17. The van der Waals surface area contributed by atoms with E-state index in [9.17, 15) is 13.2 Å². The first-order chi connectivity index (χ1) is 9.29. The number of hydrogen-bond acceptors (Lipinski definition) is 3. The number of amides is 1. The van der Waals surface area contributed by atoms with Crippen molar-refractivity contribution in [3.63, 3.8) is 0 Å². The van der Waals surface area contributed by atoms with Crippen LogP contribution in [0.15, 0.2) is 24.3 Å². The van der Waals surface area contributed by atoms with Crippen molar-refractivity contribution in [1.82, 2.24) is 15.2 Å². The summed E-state index contributed by atoms with van der Waals surface area (Å²) in [6, 6.07) is 6.75. The molecular formula is C12H14ClN3O3S. The second kappa shape index (κ2) is 5.43. The Bertz CT molecular complexity index is 752. The van der Waals surface area contributed by atoms with Crippen molar-refractivity contribution in [1.29, 1.82) is 0 Å². The van der Waals surface area contributed by atoms with Crippen LogP contribution in [0.2, 0.25) is 5.02 Å². The fourth-order valence-electron chi connectivity index (χ4n) is 1.53. The first kappa shape index (κ1) is 14.8. The highest BCUT2D eigenvalue weighted by molar-refractivity contribution is 7.90. The van der Waals surface area contributed by atoms with Crippen LogP contribution in [0.4, 0.5) is 0 Å². The van der Waals surface area contributed by atoms with Gasteiger partial charge in [0.25, 0.3) is 5.91 Å². The van der Waals surface area contributed by atoms with Crippen LogP contribution in [0.5, 0.6) is 0 Å². The Kier molecular flexibility index (Phi) is 4.03. The molecule has 6 nitrogen and oxygen atoms in total. The van der Waals surface area contributed by atoms with Gasteiger partial charge in [-0.25, -0.2) is 8.42 Å². The van der Waals surface area contributed by atoms with E-state index in [1.165, 1.54) is 13.8 Å². The lowest BCUT2D eigenvalue weighted by Crippen LogP contribution is -2.44. The monoisotopic (exact) mass is 315 g/mol. The van der Waals surface area contributed by atoms with E-state index in [0.717, 1.165) is 10.9 Å². The van der Waals surface area contributed by atoms with Crippen LogP contribution in [-0.4, -0.2) is 24.6 Å². The van der Waals surface area contributed by atoms with E-state index in [4.69, 9.17) is 11.6 Å². The van der Waals surface area contributed by atoms with Gasteiger partial charge >= 0.3 is 0 Å². The molecule has 0 atom stereocenters. The van der Waals surface area contributed by atoms with Crippen molar-refractivity contribution >= 4 is 38.4 Å². The molecule has 3 N–H and O–H groups in total. The summed E-state index contributed by atoms with van der Waals surface area (Å²) in [7, 11) is -3.55. The molecule has 1 aromatic heterocycles. The lowest BCUT2D eigenvalue weighted by atomic mass is 10.2. The van der Waals surface area contributed by atoms with Gasteiger partial charge in [0.05, 0.1) is 5.25 Å². The van der Waals surface area contributed by atoms with Crippen molar-refractivity contribution in [2.24, 2.45) is 0 Å². The molecule has 1 aromatic carbocycles. The SMILES string of the molecule is CC(C)S(=O)(=O)NNC(=O)c1cc2cc(Cl)ccc2[nH]1. The molecule has 0 aliphatic rings. The summed E-state index contributed by atoms with van der Waals surface area (Å²) in [6.45, 7) is 3.03. The van der Waals surface area contributed by atoms with Crippen LogP contribution in [0, 0.1) is 0 Å². The summed E-state index contributed by atoms with van der Waals surface area (Å²) in [6.07, 6.45) is 0. The van der Waals surface area contributed by atoms with Gasteiger partial charge in [-0.2, -0.15) is 0 Å². The number of sulfonamides is 1. The number of hydrazine groups is 1. The van der Waals surface area contributed by atoms with Crippen molar-refractivity contribution in [2.75, 3.05) is 0 Å². The summed E-state index contributed by atoms with van der Waals surface area (Å²) in [5, 5.41) is 0.697. The van der Waals surface area contributed by atoms with Crippen LogP contribution >= 0.6 is 11.6 Å². The van der Waals surface area contributed by atoms with Gasteiger partial charge in [0.1, 0.15) is 5.69 Å². The van der Waals surface area contributed by atoms with Crippen molar-refractivity contribution in [2.45, 2.75) is 19.1 Å². The molecule has 20 heavy (non-hydrogen) atoms. The second-order valence-electron chi connectivity index (χ2n) is 4.56. The van der Waals surface area contributed by atoms with Gasteiger partial charge in [-0.1, -0.05) is 11.6 Å². The minimum atomic E-state index is -3.55. The fourth-order valence-corrected chi connectivity index (χ4v) is 2.18. The molecule has 1 amide bonds. The third-order valence-corrected chi connectivity index (χ3v) is 4.62. The van der Waals surface area contributed by atoms with E-state index in [2.05, 4.69) is 10.4 Å². The van der Waals surface area contributed by atoms with Gasteiger partial charge in [0, 0.05) is 15.9 Å². The lowest BCUT2D eigenvalue weighted by Gasteiger charge is -2.09. The summed E-state index contributed by atoms with van der Waals surface area (Å²) in [4.78, 5) is 16.8. The predicted octanol–water partition coefficient (Wildman–Crippen LogP) is 1.79. The first-order valence-electron chi connectivity index (χ1n) is 5.89. The smallest absolute Gasteiger partial charge is 0.282 e. The van der Waals surface area contributed by atoms with Crippen LogP contribution in [-0.2, 0) is 10.0 Å². The molecule has 8 heteroatoms. The van der Waals surface area contributed by atoms with Crippen LogP contribution in [0.25, 0.3) is 10.9 Å². The van der Waals surface area contributed by atoms with Crippen molar-refractivity contribution in [3.05, 3.63) is 35.0 Å². The van der Waals surface area contributed by atoms with E-state index >= 15 is 0 Å². The van der Waals surface area contributed by atoms with Gasteiger partial charge in [-0.05, 0) is 38.1 Å². The normalized spacial score (nSPS) is 12.0. The number of nitrogens with one attached hydrogen (secondary N) is 3. The standard InChI is InChI=1S/C12H14ClN3O3S/c1-7(2)20(18,19)16-15-12(17)11-6-8-5-9(13)3-4-10(8)14-11/h3-7,14,16H,1-2H3,(H,15,17). The van der Waals surface area contributed by atoms with Gasteiger partial charge in [0.15, 0.2) is 0 Å². The number of hydrogen-bond donors (Lipinski definition) is 3. The molecule has 0 saturated heterocycles. The fraction of sp³-hybridized carbons (Fsp3) is 0.250. The quantitative estimate of drug-likeness (QED) is 0.751. The molecule has 2 rings (SSSR count). The number of aromatic amines is 1. The lowest BCUT2D eigenvalue weighted by molar-refractivity contribution is 0.0941. The average molecular weight is 316 g/mol. The summed E-state index contributed by atoms with van der Waals surface area (Å²) >= 11 is 5.86. The third-order valence-electron chi connectivity index (χ3n) is 2.75. The Labute approximate surface area is 121 Å². The minimum Gasteiger partial charge on any atom is -0.350 e. The number of halogens is 1. The molecule has 0 spiro atoms. The van der Waals surface area contributed by atoms with Gasteiger partial charge in [0.2, 0.25) is 10.0 Å². The minimum absolute atomic E-state index is 0.244. The molecule has 0 aliphatic heterocycles. The van der Waals surface area contributed by atoms with E-state index < -0.39 is 21.2 Å². The van der Waals surface area contributed by atoms with Gasteiger partial charge < -0.3 is 4.98 Å². The maximum atomic E-state index is 11.9. The highest BCUT2D eigenvalue weighted by atomic mass is 35.5. The third kappa shape index (κ3) is 3.12. The van der Waals surface area contributed by atoms with E-state index in [1.54, 1.807) is 24.3 Å². The first-order valence-corrected chi connectivity index (χ1v) is 7.81. The number of carbonyl (C=O) groups excluding carboxylic acids is 1. The van der Waals surface area contributed by atoms with Crippen LogP contribution < -0.4 is 10.3 Å². The van der Waals surface area contributed by atoms with Gasteiger partial charge in [-0.3, -0.25) is 10.2 Å². The molecule has 0 fully saturated rings. The van der Waals surface area contributed by atoms with Gasteiger partial charge in [-0.15, -0.1) is 4.83 Å². The van der Waals surface area contributed by atoms with Crippen LogP contribution in [0.3, 0.4) is 0 Å². The topological polar surface area (TPSA) is 91.1 Å². The van der Waals surface area contributed by atoms with Crippen LogP contribution in [0.1, 0.15) is 24.3 Å². The Hall–Kier alpha value is -1.57. The Morgan fingerprint density at radius 1 is 1.30 bits per heavy atom. The average Bonchev–Trinajstić information content (AvgIpc) is 2.78. The molecule has 0 bridgehead atoms. The van der Waals surface area contributed by atoms with E-state index in [-0.39, 0.29) is 5.69 Å². The van der Waals surface area contributed by atoms with Crippen molar-refractivity contribution in [3.8, 4) is 0 Å². The molecular weight excluding hydrogens is 302 g/mol. The second-order valence-corrected chi connectivity index (χ2v) is 7.24. The predicted molar refractivity (Wildman–Crippen MR) is 78.0 cm³/mol. The highest BCUT2D eigenvalue weighted by Crippen LogP contribution is 2.19. The number of H-pyrrole nitrogens is 1. The molecule has 0 saturated carbocycles. The summed E-state index contributed by atoms with van der Waals surface area (Å²) < 4.78 is 23.1. The number of rotatable bonds is 4. The zero-order valence-electron chi connectivity index (χ0n) is 10.9. The molecule has 0 aliphatic carbocycles. The zero-order valence-corrected chi connectivity index (χ0v) is 12.5. The van der Waals surface area contributed by atoms with Crippen molar-refractivity contribution < 1.29 is 13.2 Å². The van der Waals surface area contributed by atoms with E-state index in [0.29, 0.717) is 5.02 Å². The maximum absolute atomic E-state index is 11.9. The number of aromatic nitrogens is 1. The Balaban J connectivity index is 2.16. The maximum Gasteiger partial charge on any atom is 0.282 e. The Morgan fingerprint density at radius 3 is 2.65 bits per heavy atom.